The third-order valence-electron chi connectivity index (χ3n) is 3.32. The molecule has 0 aliphatic rings. The summed E-state index contributed by atoms with van der Waals surface area (Å²) in [6, 6.07) is 12.4. The molecule has 0 aromatic heterocycles. The van der Waals surface area contributed by atoms with Crippen LogP contribution >= 0.6 is 11.6 Å². The summed E-state index contributed by atoms with van der Waals surface area (Å²) in [6.07, 6.45) is 0.718. The Morgan fingerprint density at radius 3 is 2.30 bits per heavy atom. The Kier molecular flexibility index (Phi) is 5.54. The number of rotatable bonds is 5. The molecule has 2 N–H and O–H groups in total. The van der Waals surface area contributed by atoms with Crippen LogP contribution in [0.5, 0.6) is 0 Å². The summed E-state index contributed by atoms with van der Waals surface area (Å²) in [5.41, 5.74) is 1.42. The molecule has 0 aliphatic carbocycles. The van der Waals surface area contributed by atoms with Crippen LogP contribution in [0.25, 0.3) is 0 Å². The first-order chi connectivity index (χ1) is 11.0. The second-order valence-electron chi connectivity index (χ2n) is 4.91. The lowest BCUT2D eigenvalue weighted by Gasteiger charge is -2.18. The van der Waals surface area contributed by atoms with Crippen molar-refractivity contribution in [3.05, 3.63) is 69.2 Å². The van der Waals surface area contributed by atoms with Crippen LogP contribution in [-0.2, 0) is 0 Å². The number of benzene rings is 2. The molecule has 0 heterocycles. The molecule has 0 aliphatic heterocycles. The van der Waals surface area contributed by atoms with Gasteiger partial charge in [0.2, 0.25) is 0 Å². The highest BCUT2D eigenvalue weighted by Gasteiger charge is 2.13. The molecule has 0 unspecified atom stereocenters. The van der Waals surface area contributed by atoms with E-state index in [1.807, 2.05) is 19.1 Å². The molecule has 23 heavy (non-hydrogen) atoms. The number of urea groups is 1. The summed E-state index contributed by atoms with van der Waals surface area (Å²) in [7, 11) is 0. The van der Waals surface area contributed by atoms with E-state index in [1.54, 1.807) is 12.1 Å². The Bertz CT molecular complexity index is 687. The van der Waals surface area contributed by atoms with Gasteiger partial charge in [-0.15, -0.1) is 0 Å². The summed E-state index contributed by atoms with van der Waals surface area (Å²) in [6.45, 7) is 1.96. The Labute approximate surface area is 138 Å². The minimum atomic E-state index is -0.489. The molecule has 0 spiro atoms. The third kappa shape index (κ3) is 4.69. The number of hydrogen-bond donors (Lipinski definition) is 2. The lowest BCUT2D eigenvalue weighted by molar-refractivity contribution is -0.384. The van der Waals surface area contributed by atoms with E-state index in [0.717, 1.165) is 12.0 Å². The van der Waals surface area contributed by atoms with Crippen molar-refractivity contribution in [3.8, 4) is 0 Å². The van der Waals surface area contributed by atoms with Crippen LogP contribution in [0.1, 0.15) is 24.9 Å². The standard InChI is InChI=1S/C16H16ClN3O3/c1-2-15(11-3-5-12(17)6-4-11)19-16(21)18-13-7-9-14(10-8-13)20(22)23/h3-10,15H,2H2,1H3,(H2,18,19,21)/t15-/m1/s1. The highest BCUT2D eigenvalue weighted by Crippen LogP contribution is 2.20. The van der Waals surface area contributed by atoms with E-state index in [4.69, 9.17) is 11.6 Å². The molecule has 2 amide bonds. The van der Waals surface area contributed by atoms with Gasteiger partial charge in [0, 0.05) is 22.8 Å². The molecule has 0 bridgehead atoms. The van der Waals surface area contributed by atoms with Crippen LogP contribution in [0.3, 0.4) is 0 Å². The maximum atomic E-state index is 12.1. The Morgan fingerprint density at radius 2 is 1.78 bits per heavy atom. The van der Waals surface area contributed by atoms with Crippen LogP contribution in [0.4, 0.5) is 16.2 Å². The number of nitro benzene ring substituents is 1. The fraction of sp³-hybridized carbons (Fsp3) is 0.188. The van der Waals surface area contributed by atoms with Gasteiger partial charge in [0.15, 0.2) is 0 Å². The van der Waals surface area contributed by atoms with Gasteiger partial charge in [-0.3, -0.25) is 10.1 Å². The van der Waals surface area contributed by atoms with Crippen molar-refractivity contribution < 1.29 is 9.72 Å². The third-order valence-corrected chi connectivity index (χ3v) is 3.57. The molecule has 0 radical (unpaired) electrons. The molecule has 2 aromatic carbocycles. The van der Waals surface area contributed by atoms with Gasteiger partial charge >= 0.3 is 6.03 Å². The summed E-state index contributed by atoms with van der Waals surface area (Å²) < 4.78 is 0. The lowest BCUT2D eigenvalue weighted by Crippen LogP contribution is -2.32. The average Bonchev–Trinajstić information content (AvgIpc) is 2.54. The number of amides is 2. The zero-order valence-corrected chi connectivity index (χ0v) is 13.2. The topological polar surface area (TPSA) is 84.3 Å². The van der Waals surface area contributed by atoms with Crippen LogP contribution in [-0.4, -0.2) is 11.0 Å². The number of nitrogens with one attached hydrogen (secondary N) is 2. The van der Waals surface area contributed by atoms with Crippen LogP contribution < -0.4 is 10.6 Å². The minimum absolute atomic E-state index is 0.0245. The molecular weight excluding hydrogens is 318 g/mol. The van der Waals surface area contributed by atoms with Gasteiger partial charge in [-0.05, 0) is 36.2 Å². The van der Waals surface area contributed by atoms with E-state index < -0.39 is 4.92 Å². The number of hydrogen-bond acceptors (Lipinski definition) is 3. The quantitative estimate of drug-likeness (QED) is 0.623. The monoisotopic (exact) mass is 333 g/mol. The zero-order chi connectivity index (χ0) is 16.8. The number of nitro groups is 1. The maximum absolute atomic E-state index is 12.1. The van der Waals surface area contributed by atoms with Crippen molar-refractivity contribution in [1.29, 1.82) is 0 Å². The molecule has 0 saturated carbocycles. The first-order valence-electron chi connectivity index (χ1n) is 7.07. The largest absolute Gasteiger partial charge is 0.331 e. The number of nitrogens with zero attached hydrogens (tertiary/aromatic N) is 1. The highest BCUT2D eigenvalue weighted by atomic mass is 35.5. The van der Waals surface area contributed by atoms with Crippen molar-refractivity contribution in [3.63, 3.8) is 0 Å². The minimum Gasteiger partial charge on any atom is -0.331 e. The Balaban J connectivity index is 1.99. The Hall–Kier alpha value is -2.60. The van der Waals surface area contributed by atoms with Crippen molar-refractivity contribution >= 4 is 29.0 Å². The molecule has 6 nitrogen and oxygen atoms in total. The molecule has 120 valence electrons. The van der Waals surface area contributed by atoms with Crippen LogP contribution in [0.15, 0.2) is 48.5 Å². The second kappa shape index (κ2) is 7.60. The second-order valence-corrected chi connectivity index (χ2v) is 5.35. The van der Waals surface area contributed by atoms with Gasteiger partial charge < -0.3 is 10.6 Å². The average molecular weight is 334 g/mol. The van der Waals surface area contributed by atoms with Crippen LogP contribution in [0, 0.1) is 10.1 Å². The highest BCUT2D eigenvalue weighted by molar-refractivity contribution is 6.30. The number of carbonyl (C=O) groups is 1. The van der Waals surface area contributed by atoms with Gasteiger partial charge in [-0.2, -0.15) is 0 Å². The fourth-order valence-electron chi connectivity index (χ4n) is 2.11. The summed E-state index contributed by atoms with van der Waals surface area (Å²) in [4.78, 5) is 22.2. The molecule has 0 saturated heterocycles. The molecule has 7 heteroatoms. The summed E-state index contributed by atoms with van der Waals surface area (Å²) in [5.74, 6) is 0. The smallest absolute Gasteiger partial charge is 0.319 e. The first kappa shape index (κ1) is 16.8. The number of carbonyl (C=O) groups excluding carboxylic acids is 1. The van der Waals surface area contributed by atoms with Crippen molar-refractivity contribution in [2.75, 3.05) is 5.32 Å². The van der Waals surface area contributed by atoms with Crippen molar-refractivity contribution in [2.24, 2.45) is 0 Å². The summed E-state index contributed by atoms with van der Waals surface area (Å²) in [5, 5.41) is 16.8. The van der Waals surface area contributed by atoms with Gasteiger partial charge in [-0.25, -0.2) is 4.79 Å². The van der Waals surface area contributed by atoms with E-state index in [9.17, 15) is 14.9 Å². The van der Waals surface area contributed by atoms with E-state index in [2.05, 4.69) is 10.6 Å². The normalized spacial score (nSPS) is 11.6. The van der Waals surface area contributed by atoms with E-state index in [1.165, 1.54) is 24.3 Å². The lowest BCUT2D eigenvalue weighted by atomic mass is 10.1. The maximum Gasteiger partial charge on any atom is 0.319 e. The predicted molar refractivity (Wildman–Crippen MR) is 89.7 cm³/mol. The van der Waals surface area contributed by atoms with Gasteiger partial charge in [0.25, 0.3) is 5.69 Å². The molecule has 0 fully saturated rings. The van der Waals surface area contributed by atoms with Gasteiger partial charge in [0.1, 0.15) is 0 Å². The SMILES string of the molecule is CC[C@@H](NC(=O)Nc1ccc([N+](=O)[O-])cc1)c1ccc(Cl)cc1. The van der Waals surface area contributed by atoms with Crippen molar-refractivity contribution in [1.82, 2.24) is 5.32 Å². The summed E-state index contributed by atoms with van der Waals surface area (Å²) >= 11 is 5.86. The molecule has 1 atom stereocenters. The molecule has 2 aromatic rings. The van der Waals surface area contributed by atoms with Gasteiger partial charge in [-0.1, -0.05) is 30.7 Å². The van der Waals surface area contributed by atoms with Gasteiger partial charge in [0.05, 0.1) is 11.0 Å². The molecule has 2 rings (SSSR count). The van der Waals surface area contributed by atoms with E-state index in [-0.39, 0.29) is 17.8 Å². The number of halogens is 1. The zero-order valence-electron chi connectivity index (χ0n) is 12.5. The van der Waals surface area contributed by atoms with Crippen LogP contribution in [0.2, 0.25) is 5.02 Å². The number of non-ortho nitro benzene ring substituents is 1. The predicted octanol–water partition coefficient (Wildman–Crippen LogP) is 4.52. The first-order valence-corrected chi connectivity index (χ1v) is 7.45. The Morgan fingerprint density at radius 1 is 1.17 bits per heavy atom. The fourth-order valence-corrected chi connectivity index (χ4v) is 2.23. The van der Waals surface area contributed by atoms with E-state index in [0.29, 0.717) is 10.7 Å². The van der Waals surface area contributed by atoms with E-state index >= 15 is 0 Å². The van der Waals surface area contributed by atoms with Crippen molar-refractivity contribution in [2.45, 2.75) is 19.4 Å². The molecular formula is C16H16ClN3O3. The number of anilines is 1.